The summed E-state index contributed by atoms with van der Waals surface area (Å²) in [6.45, 7) is 0. The molecule has 0 amide bonds. The van der Waals surface area contributed by atoms with Gasteiger partial charge in [-0.15, -0.1) is 0 Å². The number of aromatic nitrogens is 6. The molecule has 0 saturated heterocycles. The third-order valence-electron chi connectivity index (χ3n) is 17.5. The van der Waals surface area contributed by atoms with E-state index in [2.05, 4.69) is 278 Å². The van der Waals surface area contributed by atoms with Gasteiger partial charge in [0.05, 0.1) is 39.7 Å². The van der Waals surface area contributed by atoms with Crippen LogP contribution in [0, 0.1) is 0 Å². The third kappa shape index (κ3) is 7.84. The van der Waals surface area contributed by atoms with Crippen molar-refractivity contribution in [3.63, 3.8) is 0 Å². The summed E-state index contributed by atoms with van der Waals surface area (Å²) in [4.78, 5) is 26.4. The molecule has 2 aliphatic rings. The average molecular weight is 1100 g/mol. The van der Waals surface area contributed by atoms with Crippen LogP contribution in [-0.4, -0.2) is 29.5 Å². The normalized spacial score (nSPS) is 12.5. The molecular weight excluding hydrogens is 1040 g/mol. The van der Waals surface area contributed by atoms with Crippen LogP contribution in [0.15, 0.2) is 304 Å². The van der Waals surface area contributed by atoms with Crippen LogP contribution in [0.1, 0.15) is 22.3 Å². The molecule has 6 heteroatoms. The van der Waals surface area contributed by atoms with Gasteiger partial charge in [0, 0.05) is 39.2 Å². The Morgan fingerprint density at radius 1 is 0.267 bits per heavy atom. The number of pyridine rings is 2. The molecule has 4 aromatic heterocycles. The SMILES string of the molecule is c1ccc(-c2cc(-c3ccccc3)cc(-c3cccc(-c4nc(-c5ccccc5)nc(-c5cccc(-c6cccc7c6c6cc(-c8ccccc8)ccc6n7-c6cnc7c(c6)C6(c8ccccc8-c8ccccc86)c6cccnc6-7)c5)n4)c3)c2)cc1. The van der Waals surface area contributed by atoms with Gasteiger partial charge in [-0.25, -0.2) is 15.0 Å². The first-order valence-electron chi connectivity index (χ1n) is 29.2. The highest BCUT2D eigenvalue weighted by Crippen LogP contribution is 2.62. The number of fused-ring (bicyclic) bond motifs is 13. The summed E-state index contributed by atoms with van der Waals surface area (Å²) in [5.41, 5.74) is 25.6. The van der Waals surface area contributed by atoms with E-state index in [-0.39, 0.29) is 0 Å². The van der Waals surface area contributed by atoms with Gasteiger partial charge in [0.25, 0.3) is 0 Å². The van der Waals surface area contributed by atoms with Crippen molar-refractivity contribution in [3.8, 4) is 118 Å². The van der Waals surface area contributed by atoms with E-state index in [9.17, 15) is 0 Å². The Balaban J connectivity index is 0.828. The van der Waals surface area contributed by atoms with E-state index in [1.54, 1.807) is 0 Å². The molecule has 0 fully saturated rings. The Bertz CT molecular complexity index is 5050. The fourth-order valence-corrected chi connectivity index (χ4v) is 13.7. The maximum Gasteiger partial charge on any atom is 0.164 e. The number of nitrogens with zero attached hydrogens (tertiary/aromatic N) is 6. The Labute approximate surface area is 497 Å². The highest BCUT2D eigenvalue weighted by Gasteiger charge is 2.53. The number of rotatable bonds is 9. The van der Waals surface area contributed by atoms with Gasteiger partial charge in [0.15, 0.2) is 17.5 Å². The smallest absolute Gasteiger partial charge is 0.164 e. The van der Waals surface area contributed by atoms with E-state index in [0.29, 0.717) is 17.5 Å². The summed E-state index contributed by atoms with van der Waals surface area (Å²) in [5, 5.41) is 2.27. The summed E-state index contributed by atoms with van der Waals surface area (Å²) in [5.74, 6) is 1.78. The predicted molar refractivity (Wildman–Crippen MR) is 350 cm³/mol. The van der Waals surface area contributed by atoms with Gasteiger partial charge in [-0.05, 0) is 144 Å². The highest BCUT2D eigenvalue weighted by atomic mass is 15.0. The van der Waals surface area contributed by atoms with Crippen molar-refractivity contribution in [1.82, 2.24) is 29.5 Å². The van der Waals surface area contributed by atoms with Crippen molar-refractivity contribution in [2.24, 2.45) is 0 Å². The van der Waals surface area contributed by atoms with Crippen molar-refractivity contribution in [2.75, 3.05) is 0 Å². The largest absolute Gasteiger partial charge is 0.308 e. The van der Waals surface area contributed by atoms with E-state index in [0.717, 1.165) is 122 Å². The quantitative estimate of drug-likeness (QED) is 0.144. The van der Waals surface area contributed by atoms with E-state index < -0.39 is 5.41 Å². The van der Waals surface area contributed by atoms with Crippen LogP contribution < -0.4 is 0 Å². The lowest BCUT2D eigenvalue weighted by atomic mass is 9.71. The monoisotopic (exact) mass is 1090 g/mol. The molecule has 86 heavy (non-hydrogen) atoms. The van der Waals surface area contributed by atoms with Gasteiger partial charge >= 0.3 is 0 Å². The summed E-state index contributed by atoms with van der Waals surface area (Å²) >= 11 is 0. The van der Waals surface area contributed by atoms with Crippen molar-refractivity contribution < 1.29 is 0 Å². The second kappa shape index (κ2) is 19.9. The fourth-order valence-electron chi connectivity index (χ4n) is 13.7. The topological polar surface area (TPSA) is 69.4 Å². The molecule has 400 valence electrons. The molecule has 17 rings (SSSR count). The van der Waals surface area contributed by atoms with Gasteiger partial charge in [0.2, 0.25) is 0 Å². The fraction of sp³-hybridized carbons (Fsp3) is 0.0125. The van der Waals surface area contributed by atoms with Gasteiger partial charge in [-0.3, -0.25) is 9.97 Å². The second-order valence-electron chi connectivity index (χ2n) is 22.3. The summed E-state index contributed by atoms with van der Waals surface area (Å²) in [6, 6.07) is 104. The Kier molecular flexibility index (Phi) is 11.4. The van der Waals surface area contributed by atoms with Gasteiger partial charge < -0.3 is 4.57 Å². The van der Waals surface area contributed by atoms with E-state index in [1.165, 1.54) is 22.3 Å². The number of hydrogen-bond acceptors (Lipinski definition) is 5. The zero-order valence-electron chi connectivity index (χ0n) is 46.6. The van der Waals surface area contributed by atoms with Crippen LogP contribution in [0.3, 0.4) is 0 Å². The van der Waals surface area contributed by atoms with Crippen molar-refractivity contribution in [3.05, 3.63) is 326 Å². The van der Waals surface area contributed by atoms with Crippen molar-refractivity contribution in [2.45, 2.75) is 5.41 Å². The minimum absolute atomic E-state index is 0.586. The van der Waals surface area contributed by atoms with Gasteiger partial charge in [0.1, 0.15) is 0 Å². The molecule has 0 radical (unpaired) electrons. The molecule has 0 aliphatic heterocycles. The van der Waals surface area contributed by atoms with Crippen LogP contribution in [0.2, 0.25) is 0 Å². The molecule has 0 saturated carbocycles. The first-order chi connectivity index (χ1) is 42.6. The minimum Gasteiger partial charge on any atom is -0.308 e. The maximum atomic E-state index is 5.43. The zero-order chi connectivity index (χ0) is 56.7. The Morgan fingerprint density at radius 3 is 1.34 bits per heavy atom. The van der Waals surface area contributed by atoms with Crippen LogP contribution in [0.25, 0.3) is 140 Å². The lowest BCUT2D eigenvalue weighted by Crippen LogP contribution is -2.26. The first-order valence-corrected chi connectivity index (χ1v) is 29.2. The van der Waals surface area contributed by atoms with E-state index in [1.807, 2.05) is 30.6 Å². The first kappa shape index (κ1) is 49.2. The second-order valence-corrected chi connectivity index (χ2v) is 22.3. The van der Waals surface area contributed by atoms with Crippen molar-refractivity contribution >= 4 is 21.8 Å². The predicted octanol–water partition coefficient (Wildman–Crippen LogP) is 19.4. The number of benzene rings is 11. The summed E-state index contributed by atoms with van der Waals surface area (Å²) in [6.07, 6.45) is 3.94. The molecule has 0 bridgehead atoms. The summed E-state index contributed by atoms with van der Waals surface area (Å²) < 4.78 is 2.41. The summed E-state index contributed by atoms with van der Waals surface area (Å²) in [7, 11) is 0. The Hall–Kier alpha value is -11.5. The van der Waals surface area contributed by atoms with Crippen molar-refractivity contribution in [1.29, 1.82) is 0 Å². The molecule has 2 aliphatic carbocycles. The molecule has 0 unspecified atom stereocenters. The van der Waals surface area contributed by atoms with Crippen LogP contribution >= 0.6 is 0 Å². The molecule has 0 atom stereocenters. The molecule has 11 aromatic carbocycles. The van der Waals surface area contributed by atoms with Gasteiger partial charge in [-0.1, -0.05) is 231 Å². The van der Waals surface area contributed by atoms with Crippen LogP contribution in [0.5, 0.6) is 0 Å². The molecule has 1 spiro atoms. The van der Waals surface area contributed by atoms with Crippen LogP contribution in [0.4, 0.5) is 0 Å². The molecule has 4 heterocycles. The highest BCUT2D eigenvalue weighted by molar-refractivity contribution is 6.17. The maximum absolute atomic E-state index is 5.43. The molecule has 6 nitrogen and oxygen atoms in total. The molecule has 0 N–H and O–H groups in total. The van der Waals surface area contributed by atoms with E-state index in [4.69, 9.17) is 24.9 Å². The lowest BCUT2D eigenvalue weighted by Gasteiger charge is -2.30. The Morgan fingerprint density at radius 2 is 0.709 bits per heavy atom. The van der Waals surface area contributed by atoms with Gasteiger partial charge in [-0.2, -0.15) is 0 Å². The third-order valence-corrected chi connectivity index (χ3v) is 17.5. The number of hydrogen-bond donors (Lipinski definition) is 0. The lowest BCUT2D eigenvalue weighted by molar-refractivity contribution is 0.788. The standard InChI is InChI=1S/C80H50N6/c1-5-21-51(22-6-1)56-40-41-72-67(48-56)74-64(35-19-39-73(74)86(72)63-49-71-76(82-50-63)75-70(38-20-42-81-75)80(71)68-36-15-13-33-65(68)66-34-14-16-37-69(66)80)57-30-18-32-59(44-57)79-84-77(54-27-11-4-12-28-54)83-78(85-79)58-31-17-29-55(43-58)62-46-60(52-23-7-2-8-24-52)45-61(47-62)53-25-9-3-10-26-53/h1-50H. The van der Waals surface area contributed by atoms with Crippen LogP contribution in [-0.2, 0) is 5.41 Å². The average Bonchev–Trinajstić information content (AvgIpc) is 1.54. The zero-order valence-corrected chi connectivity index (χ0v) is 46.6. The molecule has 15 aromatic rings. The minimum atomic E-state index is -0.598. The molecular formula is C80H50N6. The van der Waals surface area contributed by atoms with E-state index >= 15 is 0 Å².